The summed E-state index contributed by atoms with van der Waals surface area (Å²) in [5.74, 6) is -0.208. The van der Waals surface area contributed by atoms with E-state index >= 15 is 0 Å². The maximum Gasteiger partial charge on any atom is 0.338 e. The van der Waals surface area contributed by atoms with Crippen molar-refractivity contribution in [2.24, 2.45) is 0 Å². The van der Waals surface area contributed by atoms with E-state index in [1.165, 1.54) is 32.2 Å². The second kappa shape index (κ2) is 12.2. The summed E-state index contributed by atoms with van der Waals surface area (Å²) in [6, 6.07) is 9.19. The molecule has 0 aliphatic heterocycles. The van der Waals surface area contributed by atoms with Crippen LogP contribution in [-0.2, 0) is 4.74 Å². The first-order chi connectivity index (χ1) is 10.8. The lowest BCUT2D eigenvalue weighted by atomic mass is 10.1. The van der Waals surface area contributed by atoms with Crippen LogP contribution in [0.3, 0.4) is 0 Å². The molecule has 0 saturated carbocycles. The van der Waals surface area contributed by atoms with E-state index in [0.29, 0.717) is 12.2 Å². The molecule has 0 unspecified atom stereocenters. The summed E-state index contributed by atoms with van der Waals surface area (Å²) in [5.41, 5.74) is 0.638. The minimum absolute atomic E-state index is 0.208. The maximum atomic E-state index is 11.7. The predicted octanol–water partition coefficient (Wildman–Crippen LogP) is 4.53. The van der Waals surface area contributed by atoms with Crippen molar-refractivity contribution in [3.8, 4) is 0 Å². The van der Waals surface area contributed by atoms with Gasteiger partial charge in [0.2, 0.25) is 0 Å². The Labute approximate surface area is 135 Å². The largest absolute Gasteiger partial charge is 0.462 e. The lowest BCUT2D eigenvalue weighted by Crippen LogP contribution is -2.23. The summed E-state index contributed by atoms with van der Waals surface area (Å²) in [7, 11) is 0. The van der Waals surface area contributed by atoms with E-state index in [1.54, 1.807) is 12.1 Å². The van der Waals surface area contributed by atoms with Crippen LogP contribution in [0, 0.1) is 0 Å². The summed E-state index contributed by atoms with van der Waals surface area (Å²) in [5, 5.41) is 0. The highest BCUT2D eigenvalue weighted by Crippen LogP contribution is 2.07. The van der Waals surface area contributed by atoms with Gasteiger partial charge >= 0.3 is 5.97 Å². The molecule has 1 rings (SSSR count). The Kier molecular flexibility index (Phi) is 10.4. The molecule has 0 fully saturated rings. The molecular formula is C19H31NO2. The van der Waals surface area contributed by atoms with Crippen molar-refractivity contribution in [2.45, 2.75) is 52.4 Å². The van der Waals surface area contributed by atoms with Crippen molar-refractivity contribution in [3.63, 3.8) is 0 Å². The Morgan fingerprint density at radius 2 is 1.50 bits per heavy atom. The zero-order valence-electron chi connectivity index (χ0n) is 14.2. The first-order valence-electron chi connectivity index (χ1n) is 8.72. The van der Waals surface area contributed by atoms with Gasteiger partial charge < -0.3 is 9.64 Å². The molecule has 0 radical (unpaired) electrons. The zero-order chi connectivity index (χ0) is 16.0. The van der Waals surface area contributed by atoms with Gasteiger partial charge in [-0.3, -0.25) is 0 Å². The molecule has 124 valence electrons. The van der Waals surface area contributed by atoms with E-state index < -0.39 is 0 Å². The van der Waals surface area contributed by atoms with Crippen LogP contribution in [0.1, 0.15) is 62.7 Å². The SMILES string of the molecule is CCN(CC)CCCCCCCCOC(=O)c1ccccc1. The number of rotatable bonds is 12. The minimum atomic E-state index is -0.208. The number of esters is 1. The highest BCUT2D eigenvalue weighted by molar-refractivity contribution is 5.89. The molecule has 0 saturated heterocycles. The number of unbranched alkanes of at least 4 members (excludes halogenated alkanes) is 5. The summed E-state index contributed by atoms with van der Waals surface area (Å²) in [4.78, 5) is 14.2. The van der Waals surface area contributed by atoms with Gasteiger partial charge in [-0.25, -0.2) is 4.79 Å². The first kappa shape index (κ1) is 18.7. The summed E-state index contributed by atoms with van der Waals surface area (Å²) < 4.78 is 5.27. The Hall–Kier alpha value is -1.35. The van der Waals surface area contributed by atoms with Crippen molar-refractivity contribution in [1.29, 1.82) is 0 Å². The van der Waals surface area contributed by atoms with Gasteiger partial charge in [-0.2, -0.15) is 0 Å². The number of hydrogen-bond acceptors (Lipinski definition) is 3. The number of ether oxygens (including phenoxy) is 1. The van der Waals surface area contributed by atoms with Crippen LogP contribution in [0.25, 0.3) is 0 Å². The van der Waals surface area contributed by atoms with Gasteiger partial charge in [0, 0.05) is 0 Å². The van der Waals surface area contributed by atoms with E-state index in [9.17, 15) is 4.79 Å². The topological polar surface area (TPSA) is 29.5 Å². The van der Waals surface area contributed by atoms with Crippen molar-refractivity contribution in [2.75, 3.05) is 26.2 Å². The molecular weight excluding hydrogens is 274 g/mol. The van der Waals surface area contributed by atoms with Crippen LogP contribution in [0.4, 0.5) is 0 Å². The molecule has 0 aliphatic carbocycles. The van der Waals surface area contributed by atoms with E-state index in [1.807, 2.05) is 18.2 Å². The Morgan fingerprint density at radius 1 is 0.909 bits per heavy atom. The summed E-state index contributed by atoms with van der Waals surface area (Å²) in [6.07, 6.45) is 7.24. The summed E-state index contributed by atoms with van der Waals surface area (Å²) in [6.45, 7) is 8.52. The summed E-state index contributed by atoms with van der Waals surface area (Å²) >= 11 is 0. The van der Waals surface area contributed by atoms with Gasteiger partial charge in [0.15, 0.2) is 0 Å². The van der Waals surface area contributed by atoms with Gasteiger partial charge in [0.25, 0.3) is 0 Å². The third kappa shape index (κ3) is 8.18. The van der Waals surface area contributed by atoms with Gasteiger partial charge in [-0.15, -0.1) is 0 Å². The molecule has 0 N–H and O–H groups in total. The third-order valence-electron chi connectivity index (χ3n) is 4.01. The smallest absolute Gasteiger partial charge is 0.338 e. The van der Waals surface area contributed by atoms with Crippen LogP contribution in [-0.4, -0.2) is 37.1 Å². The molecule has 0 bridgehead atoms. The molecule has 0 heterocycles. The number of hydrogen-bond donors (Lipinski definition) is 0. The second-order valence-electron chi connectivity index (χ2n) is 5.65. The maximum absolute atomic E-state index is 11.7. The molecule has 3 heteroatoms. The molecule has 0 spiro atoms. The van der Waals surface area contributed by atoms with Crippen LogP contribution in [0.5, 0.6) is 0 Å². The molecule has 1 aromatic carbocycles. The Morgan fingerprint density at radius 3 is 2.14 bits per heavy atom. The average molecular weight is 305 g/mol. The highest BCUT2D eigenvalue weighted by Gasteiger charge is 2.04. The fraction of sp³-hybridized carbons (Fsp3) is 0.632. The third-order valence-corrected chi connectivity index (χ3v) is 4.01. The molecule has 3 nitrogen and oxygen atoms in total. The molecule has 0 atom stereocenters. The zero-order valence-corrected chi connectivity index (χ0v) is 14.2. The normalized spacial score (nSPS) is 10.9. The van der Waals surface area contributed by atoms with Crippen LogP contribution in [0.15, 0.2) is 30.3 Å². The molecule has 22 heavy (non-hydrogen) atoms. The van der Waals surface area contributed by atoms with Crippen molar-refractivity contribution < 1.29 is 9.53 Å². The van der Waals surface area contributed by atoms with Crippen LogP contribution in [0.2, 0.25) is 0 Å². The van der Waals surface area contributed by atoms with Gasteiger partial charge in [0.1, 0.15) is 0 Å². The number of nitrogens with zero attached hydrogens (tertiary/aromatic N) is 1. The van der Waals surface area contributed by atoms with Crippen molar-refractivity contribution in [3.05, 3.63) is 35.9 Å². The van der Waals surface area contributed by atoms with Gasteiger partial charge in [-0.1, -0.05) is 57.7 Å². The standard InChI is InChI=1S/C19H31NO2/c1-3-20(4-2)16-12-7-5-6-8-13-17-22-19(21)18-14-10-9-11-15-18/h9-11,14-15H,3-8,12-13,16-17H2,1-2H3. The van der Waals surface area contributed by atoms with Crippen molar-refractivity contribution >= 4 is 5.97 Å². The number of carbonyl (C=O) groups excluding carboxylic acids is 1. The Balaban J connectivity index is 1.93. The molecule has 1 aromatic rings. The Bertz CT molecular complexity index is 388. The molecule has 0 aromatic heterocycles. The highest BCUT2D eigenvalue weighted by atomic mass is 16.5. The fourth-order valence-electron chi connectivity index (χ4n) is 2.51. The molecule has 0 aliphatic rings. The number of benzene rings is 1. The average Bonchev–Trinajstić information content (AvgIpc) is 2.57. The van der Waals surface area contributed by atoms with Crippen LogP contribution < -0.4 is 0 Å². The lowest BCUT2D eigenvalue weighted by Gasteiger charge is -2.17. The van der Waals surface area contributed by atoms with Gasteiger partial charge in [-0.05, 0) is 44.6 Å². The predicted molar refractivity (Wildman–Crippen MR) is 92.2 cm³/mol. The van der Waals surface area contributed by atoms with E-state index in [2.05, 4.69) is 18.7 Å². The van der Waals surface area contributed by atoms with Gasteiger partial charge in [0.05, 0.1) is 12.2 Å². The monoisotopic (exact) mass is 305 g/mol. The fourth-order valence-corrected chi connectivity index (χ4v) is 2.51. The quantitative estimate of drug-likeness (QED) is 0.420. The second-order valence-corrected chi connectivity index (χ2v) is 5.65. The van der Waals surface area contributed by atoms with Crippen molar-refractivity contribution in [1.82, 2.24) is 4.90 Å². The van der Waals surface area contributed by atoms with E-state index in [-0.39, 0.29) is 5.97 Å². The van der Waals surface area contributed by atoms with E-state index in [0.717, 1.165) is 25.9 Å². The van der Waals surface area contributed by atoms with E-state index in [4.69, 9.17) is 4.74 Å². The van der Waals surface area contributed by atoms with Crippen LogP contribution >= 0.6 is 0 Å². The first-order valence-corrected chi connectivity index (χ1v) is 8.72. The number of carbonyl (C=O) groups is 1. The molecule has 0 amide bonds. The lowest BCUT2D eigenvalue weighted by molar-refractivity contribution is 0.0497. The minimum Gasteiger partial charge on any atom is -0.462 e.